The molecular weight excluding hydrogens is 270 g/mol. The summed E-state index contributed by atoms with van der Waals surface area (Å²) in [6.45, 7) is 6.87. The minimum atomic E-state index is -0.460. The Bertz CT molecular complexity index is 474. The van der Waals surface area contributed by atoms with E-state index >= 15 is 0 Å². The molecule has 1 aliphatic heterocycles. The molecule has 21 heavy (non-hydrogen) atoms. The molecule has 0 saturated carbocycles. The molecule has 2 N–H and O–H groups in total. The van der Waals surface area contributed by atoms with Crippen molar-refractivity contribution >= 4 is 11.8 Å². The highest BCUT2D eigenvalue weighted by Crippen LogP contribution is 2.19. The monoisotopic (exact) mass is 293 g/mol. The number of anilines is 1. The first-order chi connectivity index (χ1) is 9.83. The molecule has 1 aromatic rings. The summed E-state index contributed by atoms with van der Waals surface area (Å²) in [6, 6.07) is 3.52. The number of likely N-dealkylation sites (tertiary alicyclic amines) is 1. The molecule has 0 radical (unpaired) electrons. The van der Waals surface area contributed by atoms with Gasteiger partial charge in [-0.15, -0.1) is 0 Å². The molecule has 0 aromatic carbocycles. The maximum atomic E-state index is 12.0. The van der Waals surface area contributed by atoms with Crippen LogP contribution in [0.4, 0.5) is 10.5 Å². The highest BCUT2D eigenvalue weighted by Gasteiger charge is 2.27. The minimum Gasteiger partial charge on any atom is -0.474 e. The van der Waals surface area contributed by atoms with E-state index in [1.807, 2.05) is 20.8 Å². The molecule has 0 unspecified atom stereocenters. The van der Waals surface area contributed by atoms with Crippen molar-refractivity contribution in [1.29, 1.82) is 0 Å². The second-order valence-corrected chi connectivity index (χ2v) is 6.21. The highest BCUT2D eigenvalue weighted by molar-refractivity contribution is 5.68. The summed E-state index contributed by atoms with van der Waals surface area (Å²) in [6.07, 6.45) is 2.92. The molecule has 6 nitrogen and oxygen atoms in total. The average molecular weight is 293 g/mol. The van der Waals surface area contributed by atoms with Crippen LogP contribution in [0.1, 0.15) is 33.6 Å². The zero-order chi connectivity index (χ0) is 15.5. The molecule has 1 saturated heterocycles. The van der Waals surface area contributed by atoms with E-state index in [1.165, 1.54) is 0 Å². The van der Waals surface area contributed by atoms with E-state index < -0.39 is 5.60 Å². The lowest BCUT2D eigenvalue weighted by molar-refractivity contribution is 0.0123. The fourth-order valence-corrected chi connectivity index (χ4v) is 2.11. The summed E-state index contributed by atoms with van der Waals surface area (Å²) in [5, 5.41) is 0. The van der Waals surface area contributed by atoms with E-state index in [9.17, 15) is 4.79 Å². The number of hydrogen-bond donors (Lipinski definition) is 1. The van der Waals surface area contributed by atoms with Gasteiger partial charge in [-0.05, 0) is 26.8 Å². The molecule has 0 spiro atoms. The number of pyridine rings is 1. The third-order valence-electron chi connectivity index (χ3n) is 3.14. The molecule has 1 fully saturated rings. The highest BCUT2D eigenvalue weighted by atomic mass is 16.6. The van der Waals surface area contributed by atoms with Crippen LogP contribution in [0.2, 0.25) is 0 Å². The van der Waals surface area contributed by atoms with Crippen molar-refractivity contribution in [2.75, 3.05) is 18.8 Å². The first-order valence-electron chi connectivity index (χ1n) is 7.19. The molecule has 0 atom stereocenters. The lowest BCUT2D eigenvalue weighted by Gasteiger charge is -2.33. The Hall–Kier alpha value is -1.98. The number of piperidine rings is 1. The van der Waals surface area contributed by atoms with E-state index in [2.05, 4.69) is 4.98 Å². The number of rotatable bonds is 2. The summed E-state index contributed by atoms with van der Waals surface area (Å²) >= 11 is 0. The van der Waals surface area contributed by atoms with Crippen LogP contribution in [0.5, 0.6) is 5.88 Å². The van der Waals surface area contributed by atoms with Gasteiger partial charge in [0.05, 0.1) is 11.9 Å². The molecule has 2 heterocycles. The van der Waals surface area contributed by atoms with Gasteiger partial charge in [-0.25, -0.2) is 9.78 Å². The van der Waals surface area contributed by atoms with Crippen LogP contribution < -0.4 is 10.5 Å². The number of carbonyl (C=O) groups is 1. The van der Waals surface area contributed by atoms with Crippen LogP contribution in [0, 0.1) is 0 Å². The van der Waals surface area contributed by atoms with Gasteiger partial charge in [0.15, 0.2) is 0 Å². The molecular formula is C15H23N3O3. The van der Waals surface area contributed by atoms with Gasteiger partial charge in [-0.1, -0.05) is 0 Å². The minimum absolute atomic E-state index is 0.0693. The van der Waals surface area contributed by atoms with Gasteiger partial charge in [0.25, 0.3) is 0 Å². The predicted octanol–water partition coefficient (Wildman–Crippen LogP) is 2.44. The van der Waals surface area contributed by atoms with E-state index in [1.54, 1.807) is 23.2 Å². The molecule has 1 aliphatic rings. The SMILES string of the molecule is CC(C)(C)OC(=O)N1CCC(Oc2ccc(N)cn2)CC1. The number of nitrogens with zero attached hydrogens (tertiary/aromatic N) is 2. The topological polar surface area (TPSA) is 77.7 Å². The van der Waals surface area contributed by atoms with Crippen molar-refractivity contribution < 1.29 is 14.3 Å². The van der Waals surface area contributed by atoms with Gasteiger partial charge < -0.3 is 20.1 Å². The average Bonchev–Trinajstić information content (AvgIpc) is 2.40. The molecule has 0 bridgehead atoms. The molecule has 116 valence electrons. The summed E-state index contributed by atoms with van der Waals surface area (Å²) < 4.78 is 11.2. The van der Waals surface area contributed by atoms with Crippen molar-refractivity contribution in [3.8, 4) is 5.88 Å². The second-order valence-electron chi connectivity index (χ2n) is 6.21. The van der Waals surface area contributed by atoms with Crippen molar-refractivity contribution in [3.63, 3.8) is 0 Å². The van der Waals surface area contributed by atoms with Gasteiger partial charge in [0.1, 0.15) is 11.7 Å². The fourth-order valence-electron chi connectivity index (χ4n) is 2.11. The Kier molecular flexibility index (Phi) is 4.55. The maximum Gasteiger partial charge on any atom is 0.410 e. The Morgan fingerprint density at radius 2 is 2.00 bits per heavy atom. The summed E-state index contributed by atoms with van der Waals surface area (Å²) in [7, 11) is 0. The fraction of sp³-hybridized carbons (Fsp3) is 0.600. The number of carbonyl (C=O) groups excluding carboxylic acids is 1. The van der Waals surface area contributed by atoms with Gasteiger partial charge >= 0.3 is 6.09 Å². The Balaban J connectivity index is 1.80. The van der Waals surface area contributed by atoms with Gasteiger partial charge in [-0.3, -0.25) is 0 Å². The third kappa shape index (κ3) is 4.81. The molecule has 2 rings (SSSR count). The summed E-state index contributed by atoms with van der Waals surface area (Å²) in [5.74, 6) is 0.569. The Morgan fingerprint density at radius 1 is 1.33 bits per heavy atom. The van der Waals surface area contributed by atoms with Gasteiger partial charge in [-0.2, -0.15) is 0 Å². The van der Waals surface area contributed by atoms with Crippen LogP contribution in [-0.2, 0) is 4.74 Å². The van der Waals surface area contributed by atoms with Crippen LogP contribution in [0.25, 0.3) is 0 Å². The molecule has 0 aliphatic carbocycles. The first kappa shape index (κ1) is 15.4. The Morgan fingerprint density at radius 3 is 2.52 bits per heavy atom. The Labute approximate surface area is 125 Å². The number of ether oxygens (including phenoxy) is 2. The van der Waals surface area contributed by atoms with Crippen LogP contribution >= 0.6 is 0 Å². The number of amides is 1. The smallest absolute Gasteiger partial charge is 0.410 e. The van der Waals surface area contributed by atoms with Gasteiger partial charge in [0, 0.05) is 32.0 Å². The number of aromatic nitrogens is 1. The standard InChI is InChI=1S/C15H23N3O3/c1-15(2,3)21-14(19)18-8-6-12(7-9-18)20-13-5-4-11(16)10-17-13/h4-5,10,12H,6-9,16H2,1-3H3. The first-order valence-corrected chi connectivity index (χ1v) is 7.19. The lowest BCUT2D eigenvalue weighted by atomic mass is 10.1. The van der Waals surface area contributed by atoms with Crippen molar-refractivity contribution in [2.45, 2.75) is 45.3 Å². The molecule has 1 amide bonds. The maximum absolute atomic E-state index is 12.0. The molecule has 6 heteroatoms. The van der Waals surface area contributed by atoms with Crippen molar-refractivity contribution in [1.82, 2.24) is 9.88 Å². The van der Waals surface area contributed by atoms with Crippen molar-refractivity contribution in [2.24, 2.45) is 0 Å². The van der Waals surface area contributed by atoms with Crippen molar-refractivity contribution in [3.05, 3.63) is 18.3 Å². The van der Waals surface area contributed by atoms with Crippen LogP contribution in [-0.4, -0.2) is 40.8 Å². The third-order valence-corrected chi connectivity index (χ3v) is 3.14. The number of hydrogen-bond acceptors (Lipinski definition) is 5. The van der Waals surface area contributed by atoms with E-state index in [0.29, 0.717) is 24.7 Å². The van der Waals surface area contributed by atoms with E-state index in [0.717, 1.165) is 12.8 Å². The largest absolute Gasteiger partial charge is 0.474 e. The quantitative estimate of drug-likeness (QED) is 0.906. The zero-order valence-electron chi connectivity index (χ0n) is 12.8. The summed E-state index contributed by atoms with van der Waals surface area (Å²) in [4.78, 5) is 17.8. The zero-order valence-corrected chi connectivity index (χ0v) is 12.8. The predicted molar refractivity (Wildman–Crippen MR) is 80.1 cm³/mol. The lowest BCUT2D eigenvalue weighted by Crippen LogP contribution is -2.44. The van der Waals surface area contributed by atoms with Gasteiger partial charge in [0.2, 0.25) is 5.88 Å². The summed E-state index contributed by atoms with van der Waals surface area (Å²) in [5.41, 5.74) is 5.74. The molecule has 1 aromatic heterocycles. The second kappa shape index (κ2) is 6.20. The normalized spacial score (nSPS) is 16.6. The van der Waals surface area contributed by atoms with E-state index in [4.69, 9.17) is 15.2 Å². The van der Waals surface area contributed by atoms with E-state index in [-0.39, 0.29) is 12.2 Å². The van der Waals surface area contributed by atoms with Crippen LogP contribution in [0.15, 0.2) is 18.3 Å². The van der Waals surface area contributed by atoms with Crippen LogP contribution in [0.3, 0.4) is 0 Å². The number of nitrogens with two attached hydrogens (primary N) is 1. The number of nitrogen functional groups attached to an aromatic ring is 1.